The van der Waals surface area contributed by atoms with E-state index < -0.39 is 5.60 Å². The molecule has 1 aromatic heterocycles. The smallest absolute Gasteiger partial charge is 0.317 e. The molecule has 2 N–H and O–H groups in total. The first kappa shape index (κ1) is 19.9. The van der Waals surface area contributed by atoms with Crippen LogP contribution < -0.4 is 5.32 Å². The highest BCUT2D eigenvalue weighted by molar-refractivity contribution is 5.74. The first-order valence-electron chi connectivity index (χ1n) is 10.7. The average molecular weight is 398 g/mol. The van der Waals surface area contributed by atoms with Gasteiger partial charge in [-0.15, -0.1) is 0 Å². The van der Waals surface area contributed by atoms with E-state index in [2.05, 4.69) is 47.4 Å². The molecule has 2 aliphatic rings. The number of aromatic nitrogens is 3. The Bertz CT molecular complexity index is 870. The van der Waals surface area contributed by atoms with Crippen LogP contribution in [0.1, 0.15) is 49.0 Å². The van der Waals surface area contributed by atoms with Gasteiger partial charge in [0, 0.05) is 32.4 Å². The number of aliphatic hydroxyl groups is 1. The van der Waals surface area contributed by atoms with Crippen molar-refractivity contribution in [2.24, 2.45) is 0 Å². The highest BCUT2D eigenvalue weighted by Crippen LogP contribution is 2.27. The van der Waals surface area contributed by atoms with Gasteiger partial charge < -0.3 is 15.3 Å². The van der Waals surface area contributed by atoms with E-state index in [0.717, 1.165) is 36.5 Å². The molecule has 1 atom stereocenters. The Morgan fingerprint density at radius 3 is 2.86 bits per heavy atom. The van der Waals surface area contributed by atoms with E-state index in [1.807, 2.05) is 15.6 Å². The van der Waals surface area contributed by atoms with Gasteiger partial charge in [-0.3, -0.25) is 0 Å². The molecule has 29 heavy (non-hydrogen) atoms. The number of hydrogen-bond acceptors (Lipinski definition) is 4. The molecule has 2 aromatic rings. The molecule has 0 bridgehead atoms. The maximum Gasteiger partial charge on any atom is 0.317 e. The Morgan fingerprint density at radius 2 is 2.14 bits per heavy atom. The highest BCUT2D eigenvalue weighted by atomic mass is 16.3. The summed E-state index contributed by atoms with van der Waals surface area (Å²) < 4.78 is 1.93. The molecule has 0 radical (unpaired) electrons. The van der Waals surface area contributed by atoms with Crippen molar-refractivity contribution in [3.63, 3.8) is 0 Å². The first-order chi connectivity index (χ1) is 13.9. The van der Waals surface area contributed by atoms with E-state index in [4.69, 9.17) is 0 Å². The SMILES string of the molecule is CCc1nc2n(n1)CC(NC(=O)N1CCC(O)(Cc3cccc(C)c3)CC1)CC2. The molecule has 0 saturated carbocycles. The number of likely N-dealkylation sites (tertiary alicyclic amines) is 1. The van der Waals surface area contributed by atoms with Gasteiger partial charge in [0.25, 0.3) is 0 Å². The summed E-state index contributed by atoms with van der Waals surface area (Å²) in [5, 5.41) is 18.7. The van der Waals surface area contributed by atoms with Crippen molar-refractivity contribution in [1.82, 2.24) is 25.0 Å². The van der Waals surface area contributed by atoms with Crippen molar-refractivity contribution in [3.8, 4) is 0 Å². The number of rotatable bonds is 4. The summed E-state index contributed by atoms with van der Waals surface area (Å²) in [6.07, 6.45) is 4.41. The molecule has 2 amide bonds. The van der Waals surface area contributed by atoms with Crippen LogP contribution in [0.5, 0.6) is 0 Å². The van der Waals surface area contributed by atoms with Gasteiger partial charge in [0.15, 0.2) is 5.82 Å². The highest BCUT2D eigenvalue weighted by Gasteiger charge is 2.35. The zero-order valence-electron chi connectivity index (χ0n) is 17.4. The lowest BCUT2D eigenvalue weighted by Crippen LogP contribution is -2.53. The van der Waals surface area contributed by atoms with E-state index in [9.17, 15) is 9.90 Å². The molecule has 156 valence electrons. The van der Waals surface area contributed by atoms with Crippen LogP contribution in [0, 0.1) is 6.92 Å². The molecule has 0 spiro atoms. The molecule has 4 rings (SSSR count). The number of urea groups is 1. The predicted octanol–water partition coefficient (Wildman–Crippen LogP) is 2.24. The van der Waals surface area contributed by atoms with Gasteiger partial charge in [0.2, 0.25) is 0 Å². The molecule has 1 aromatic carbocycles. The standard InChI is InChI=1S/C22H31N5O2/c1-3-19-24-20-8-7-18(15-27(20)25-19)23-21(28)26-11-9-22(29,10-12-26)14-17-6-4-5-16(2)13-17/h4-6,13,18,29H,3,7-12,14-15H2,1-2H3,(H,23,28). The number of carbonyl (C=O) groups excluding carboxylic acids is 1. The Balaban J connectivity index is 1.29. The Labute approximate surface area is 172 Å². The van der Waals surface area contributed by atoms with Gasteiger partial charge in [0.1, 0.15) is 5.82 Å². The summed E-state index contributed by atoms with van der Waals surface area (Å²) in [4.78, 5) is 19.1. The first-order valence-corrected chi connectivity index (χ1v) is 10.7. The number of nitrogens with one attached hydrogen (secondary N) is 1. The van der Waals surface area contributed by atoms with Gasteiger partial charge in [-0.2, -0.15) is 5.10 Å². The fourth-order valence-corrected chi connectivity index (χ4v) is 4.40. The van der Waals surface area contributed by atoms with Crippen LogP contribution in [0.15, 0.2) is 24.3 Å². The number of hydrogen-bond donors (Lipinski definition) is 2. The Morgan fingerprint density at radius 1 is 1.34 bits per heavy atom. The topological polar surface area (TPSA) is 83.3 Å². The van der Waals surface area contributed by atoms with E-state index in [1.54, 1.807) is 0 Å². The van der Waals surface area contributed by atoms with Crippen LogP contribution in [0.4, 0.5) is 4.79 Å². The van der Waals surface area contributed by atoms with Crippen LogP contribution in [-0.4, -0.2) is 55.5 Å². The lowest BCUT2D eigenvalue weighted by molar-refractivity contribution is -0.0119. The minimum atomic E-state index is -0.735. The van der Waals surface area contributed by atoms with Gasteiger partial charge in [-0.05, 0) is 31.7 Å². The second-order valence-corrected chi connectivity index (χ2v) is 8.54. The zero-order chi connectivity index (χ0) is 20.4. The number of amides is 2. The quantitative estimate of drug-likeness (QED) is 0.829. The lowest BCUT2D eigenvalue weighted by Gasteiger charge is -2.39. The average Bonchev–Trinajstić information content (AvgIpc) is 3.11. The number of fused-ring (bicyclic) bond motifs is 1. The molecule has 0 aliphatic carbocycles. The van der Waals surface area contributed by atoms with Crippen molar-refractivity contribution in [2.45, 2.75) is 70.6 Å². The van der Waals surface area contributed by atoms with Gasteiger partial charge >= 0.3 is 6.03 Å². The van der Waals surface area contributed by atoms with Gasteiger partial charge in [-0.25, -0.2) is 14.5 Å². The van der Waals surface area contributed by atoms with E-state index in [-0.39, 0.29) is 12.1 Å². The van der Waals surface area contributed by atoms with Crippen molar-refractivity contribution < 1.29 is 9.90 Å². The molecular formula is C22H31N5O2. The normalized spacial score (nSPS) is 20.9. The molecule has 7 nitrogen and oxygen atoms in total. The Hall–Kier alpha value is -2.41. The van der Waals surface area contributed by atoms with E-state index in [0.29, 0.717) is 38.9 Å². The Kier molecular flexibility index (Phi) is 5.58. The van der Waals surface area contributed by atoms with Gasteiger partial charge in [0.05, 0.1) is 18.2 Å². The third-order valence-electron chi connectivity index (χ3n) is 6.14. The van der Waals surface area contributed by atoms with Crippen LogP contribution in [-0.2, 0) is 25.8 Å². The number of aryl methyl sites for hydroxylation is 3. The summed E-state index contributed by atoms with van der Waals surface area (Å²) in [7, 11) is 0. The fourth-order valence-electron chi connectivity index (χ4n) is 4.40. The van der Waals surface area contributed by atoms with Crippen LogP contribution in [0.25, 0.3) is 0 Å². The summed E-state index contributed by atoms with van der Waals surface area (Å²) >= 11 is 0. The number of piperidine rings is 1. The van der Waals surface area contributed by atoms with Crippen LogP contribution in [0.3, 0.4) is 0 Å². The number of carbonyl (C=O) groups is 1. The second-order valence-electron chi connectivity index (χ2n) is 8.54. The van der Waals surface area contributed by atoms with E-state index in [1.165, 1.54) is 5.56 Å². The minimum Gasteiger partial charge on any atom is -0.389 e. The van der Waals surface area contributed by atoms with Crippen molar-refractivity contribution >= 4 is 6.03 Å². The third-order valence-corrected chi connectivity index (χ3v) is 6.14. The van der Waals surface area contributed by atoms with Crippen LogP contribution in [0.2, 0.25) is 0 Å². The van der Waals surface area contributed by atoms with E-state index >= 15 is 0 Å². The predicted molar refractivity (Wildman–Crippen MR) is 111 cm³/mol. The zero-order valence-corrected chi connectivity index (χ0v) is 17.4. The molecule has 1 fully saturated rings. The number of nitrogens with zero attached hydrogens (tertiary/aromatic N) is 4. The maximum atomic E-state index is 12.7. The molecule has 2 aliphatic heterocycles. The monoisotopic (exact) mass is 397 g/mol. The molecule has 7 heteroatoms. The summed E-state index contributed by atoms with van der Waals surface area (Å²) in [6.45, 7) is 5.96. The second kappa shape index (κ2) is 8.14. The summed E-state index contributed by atoms with van der Waals surface area (Å²) in [5.41, 5.74) is 1.63. The molecule has 1 saturated heterocycles. The molecule has 1 unspecified atom stereocenters. The third kappa shape index (κ3) is 4.61. The van der Waals surface area contributed by atoms with Crippen molar-refractivity contribution in [3.05, 3.63) is 47.0 Å². The molecule has 3 heterocycles. The van der Waals surface area contributed by atoms with Crippen molar-refractivity contribution in [1.29, 1.82) is 0 Å². The summed E-state index contributed by atoms with van der Waals surface area (Å²) in [6, 6.07) is 8.33. The fraction of sp³-hybridized carbons (Fsp3) is 0.591. The maximum absolute atomic E-state index is 12.7. The van der Waals surface area contributed by atoms with Gasteiger partial charge in [-0.1, -0.05) is 36.8 Å². The van der Waals surface area contributed by atoms with Crippen LogP contribution >= 0.6 is 0 Å². The lowest BCUT2D eigenvalue weighted by atomic mass is 9.85. The van der Waals surface area contributed by atoms with Crippen molar-refractivity contribution in [2.75, 3.05) is 13.1 Å². The summed E-state index contributed by atoms with van der Waals surface area (Å²) in [5.74, 6) is 1.89. The molecular weight excluding hydrogens is 366 g/mol. The number of benzene rings is 1. The minimum absolute atomic E-state index is 0.0353. The largest absolute Gasteiger partial charge is 0.389 e.